The minimum Gasteiger partial charge on any atom is -0.480 e. The molecule has 0 aliphatic rings. The number of anilines is 1. The zero-order chi connectivity index (χ0) is 20.9. The summed E-state index contributed by atoms with van der Waals surface area (Å²) in [7, 11) is 0. The summed E-state index contributed by atoms with van der Waals surface area (Å²) in [4.78, 5) is 12.5. The summed E-state index contributed by atoms with van der Waals surface area (Å²) in [6.07, 6.45) is -0.812. The molecule has 0 saturated heterocycles. The number of rotatable bonds is 6. The van der Waals surface area contributed by atoms with Gasteiger partial charge in [0.25, 0.3) is 11.8 Å². The van der Waals surface area contributed by atoms with Gasteiger partial charge >= 0.3 is 0 Å². The van der Waals surface area contributed by atoms with Crippen molar-refractivity contribution in [1.82, 2.24) is 10.2 Å². The number of halogens is 1. The Balaban J connectivity index is 1.51. The van der Waals surface area contributed by atoms with Crippen LogP contribution in [0.1, 0.15) is 6.92 Å². The zero-order valence-corrected chi connectivity index (χ0v) is 16.1. The van der Waals surface area contributed by atoms with E-state index in [0.717, 1.165) is 5.56 Å². The van der Waals surface area contributed by atoms with Gasteiger partial charge in [-0.15, -0.1) is 10.2 Å². The second kappa shape index (κ2) is 8.57. The van der Waals surface area contributed by atoms with Crippen molar-refractivity contribution in [1.29, 1.82) is 0 Å². The first-order valence-corrected chi connectivity index (χ1v) is 9.31. The van der Waals surface area contributed by atoms with Crippen molar-refractivity contribution in [2.45, 2.75) is 13.0 Å². The minimum absolute atomic E-state index is 0.288. The van der Waals surface area contributed by atoms with Gasteiger partial charge in [0.15, 0.2) is 6.10 Å². The molecule has 4 rings (SSSR count). The lowest BCUT2D eigenvalue weighted by atomic mass is 10.2. The number of benzene rings is 3. The molecule has 0 aliphatic heterocycles. The third-order valence-corrected chi connectivity index (χ3v) is 4.35. The van der Waals surface area contributed by atoms with E-state index in [-0.39, 0.29) is 17.6 Å². The van der Waals surface area contributed by atoms with Gasteiger partial charge in [-0.05, 0) is 55.5 Å². The van der Waals surface area contributed by atoms with Gasteiger partial charge in [-0.25, -0.2) is 4.39 Å². The fraction of sp³-hybridized carbons (Fsp3) is 0.0870. The van der Waals surface area contributed by atoms with Crippen molar-refractivity contribution in [3.63, 3.8) is 0 Å². The molecule has 0 aliphatic carbocycles. The maximum Gasteiger partial charge on any atom is 0.265 e. The van der Waals surface area contributed by atoms with Crippen molar-refractivity contribution in [2.24, 2.45) is 0 Å². The smallest absolute Gasteiger partial charge is 0.265 e. The van der Waals surface area contributed by atoms with Crippen LogP contribution in [0.4, 0.5) is 10.1 Å². The summed E-state index contributed by atoms with van der Waals surface area (Å²) in [5.74, 6) is 0.369. The van der Waals surface area contributed by atoms with E-state index in [9.17, 15) is 9.18 Å². The van der Waals surface area contributed by atoms with Gasteiger partial charge in [0.1, 0.15) is 11.6 Å². The number of hydrogen-bond donors (Lipinski definition) is 1. The predicted octanol–water partition coefficient (Wildman–Crippen LogP) is 4.95. The Morgan fingerprint density at radius 3 is 2.37 bits per heavy atom. The lowest BCUT2D eigenvalue weighted by Gasteiger charge is -2.16. The largest absolute Gasteiger partial charge is 0.480 e. The standard InChI is InChI=1S/C23H18FN3O3/c1-15(21(28)25-18-13-11-17(24)12-14-18)29-20-10-6-5-9-19(20)23-27-26-22(30-23)16-7-3-2-4-8-16/h2-15H,1H3,(H,25,28)/t15-/m1/s1. The van der Waals surface area contributed by atoms with Crippen LogP contribution < -0.4 is 10.1 Å². The van der Waals surface area contributed by atoms with E-state index in [1.54, 1.807) is 25.1 Å². The van der Waals surface area contributed by atoms with Crippen LogP contribution in [0, 0.1) is 5.82 Å². The zero-order valence-electron chi connectivity index (χ0n) is 16.1. The number of amides is 1. The van der Waals surface area contributed by atoms with Crippen molar-refractivity contribution in [2.75, 3.05) is 5.32 Å². The Morgan fingerprint density at radius 1 is 0.933 bits per heavy atom. The van der Waals surface area contributed by atoms with Crippen LogP contribution in [-0.4, -0.2) is 22.2 Å². The molecule has 3 aromatic carbocycles. The average molecular weight is 403 g/mol. The minimum atomic E-state index is -0.812. The SMILES string of the molecule is C[C@@H](Oc1ccccc1-c1nnc(-c2ccccc2)o1)C(=O)Nc1ccc(F)cc1. The van der Waals surface area contributed by atoms with Gasteiger partial charge in [0.2, 0.25) is 5.89 Å². The van der Waals surface area contributed by atoms with E-state index in [0.29, 0.717) is 22.9 Å². The monoisotopic (exact) mass is 403 g/mol. The molecule has 1 amide bonds. The summed E-state index contributed by atoms with van der Waals surface area (Å²) < 4.78 is 24.7. The Morgan fingerprint density at radius 2 is 1.60 bits per heavy atom. The maximum atomic E-state index is 13.0. The second-order valence-electron chi connectivity index (χ2n) is 6.53. The van der Waals surface area contributed by atoms with E-state index < -0.39 is 6.10 Å². The van der Waals surface area contributed by atoms with Crippen LogP contribution in [0.5, 0.6) is 5.75 Å². The Bertz CT molecular complexity index is 1140. The molecule has 0 fully saturated rings. The summed E-state index contributed by atoms with van der Waals surface area (Å²) in [6, 6.07) is 22.1. The Labute approximate surface area is 172 Å². The molecule has 0 saturated carbocycles. The fourth-order valence-corrected chi connectivity index (χ4v) is 2.80. The van der Waals surface area contributed by atoms with Gasteiger partial charge in [0.05, 0.1) is 5.56 Å². The van der Waals surface area contributed by atoms with Crippen LogP contribution in [0.25, 0.3) is 22.9 Å². The first kappa shape index (κ1) is 19.3. The summed E-state index contributed by atoms with van der Waals surface area (Å²) in [5, 5.41) is 10.9. The first-order chi connectivity index (χ1) is 14.6. The molecule has 6 nitrogen and oxygen atoms in total. The van der Waals surface area contributed by atoms with Gasteiger partial charge in [-0.3, -0.25) is 4.79 Å². The molecule has 1 heterocycles. The fourth-order valence-electron chi connectivity index (χ4n) is 2.80. The number of carbonyl (C=O) groups is 1. The quantitative estimate of drug-likeness (QED) is 0.493. The van der Waals surface area contributed by atoms with Crippen LogP contribution in [-0.2, 0) is 4.79 Å². The molecule has 0 spiro atoms. The Hall–Kier alpha value is -4.00. The van der Waals surface area contributed by atoms with Gasteiger partial charge in [-0.1, -0.05) is 30.3 Å². The van der Waals surface area contributed by atoms with Crippen molar-refractivity contribution < 1.29 is 18.3 Å². The highest BCUT2D eigenvalue weighted by Crippen LogP contribution is 2.31. The third-order valence-electron chi connectivity index (χ3n) is 4.35. The van der Waals surface area contributed by atoms with Crippen molar-refractivity contribution in [3.05, 3.63) is 84.7 Å². The molecule has 1 N–H and O–H groups in total. The first-order valence-electron chi connectivity index (χ1n) is 9.31. The summed E-state index contributed by atoms with van der Waals surface area (Å²) in [5.41, 5.74) is 1.87. The molecule has 1 aromatic heterocycles. The van der Waals surface area contributed by atoms with Gasteiger partial charge < -0.3 is 14.5 Å². The highest BCUT2D eigenvalue weighted by Gasteiger charge is 2.20. The van der Waals surface area contributed by atoms with E-state index >= 15 is 0 Å². The van der Waals surface area contributed by atoms with E-state index in [1.165, 1.54) is 24.3 Å². The highest BCUT2D eigenvalue weighted by molar-refractivity contribution is 5.94. The normalized spacial score (nSPS) is 11.7. The number of hydrogen-bond acceptors (Lipinski definition) is 5. The summed E-state index contributed by atoms with van der Waals surface area (Å²) >= 11 is 0. The third kappa shape index (κ3) is 4.35. The number of nitrogens with one attached hydrogen (secondary N) is 1. The van der Waals surface area contributed by atoms with Gasteiger partial charge in [0, 0.05) is 11.3 Å². The molecule has 0 unspecified atom stereocenters. The maximum absolute atomic E-state index is 13.0. The lowest BCUT2D eigenvalue weighted by Crippen LogP contribution is -2.30. The van der Waals surface area contributed by atoms with E-state index in [2.05, 4.69) is 15.5 Å². The number of nitrogens with zero attached hydrogens (tertiary/aromatic N) is 2. The second-order valence-corrected chi connectivity index (χ2v) is 6.53. The molecule has 0 radical (unpaired) electrons. The molecule has 150 valence electrons. The lowest BCUT2D eigenvalue weighted by molar-refractivity contribution is -0.122. The van der Waals surface area contributed by atoms with Crippen LogP contribution in [0.15, 0.2) is 83.3 Å². The van der Waals surface area contributed by atoms with Gasteiger partial charge in [-0.2, -0.15) is 0 Å². The van der Waals surface area contributed by atoms with Crippen LogP contribution in [0.3, 0.4) is 0 Å². The number of para-hydroxylation sites is 1. The van der Waals surface area contributed by atoms with E-state index in [4.69, 9.17) is 9.15 Å². The molecular weight excluding hydrogens is 385 g/mol. The number of aromatic nitrogens is 2. The van der Waals surface area contributed by atoms with Crippen LogP contribution in [0.2, 0.25) is 0 Å². The summed E-state index contributed by atoms with van der Waals surface area (Å²) in [6.45, 7) is 1.62. The van der Waals surface area contributed by atoms with Crippen molar-refractivity contribution >= 4 is 11.6 Å². The molecular formula is C23H18FN3O3. The predicted molar refractivity (Wildman–Crippen MR) is 110 cm³/mol. The molecule has 0 bridgehead atoms. The Kier molecular flexibility index (Phi) is 5.52. The molecule has 4 aromatic rings. The van der Waals surface area contributed by atoms with Crippen molar-refractivity contribution in [3.8, 4) is 28.7 Å². The average Bonchev–Trinajstić information content (AvgIpc) is 3.26. The molecule has 1 atom stereocenters. The van der Waals surface area contributed by atoms with Crippen LogP contribution >= 0.6 is 0 Å². The van der Waals surface area contributed by atoms with E-state index in [1.807, 2.05) is 36.4 Å². The highest BCUT2D eigenvalue weighted by atomic mass is 19.1. The molecule has 7 heteroatoms. The molecule has 30 heavy (non-hydrogen) atoms. The number of carbonyl (C=O) groups excluding carboxylic acids is 1. The topological polar surface area (TPSA) is 77.2 Å². The number of ether oxygens (including phenoxy) is 1.